The molecular weight excluding hydrogens is 276 g/mol. The minimum absolute atomic E-state index is 0.0179. The van der Waals surface area contributed by atoms with Crippen LogP contribution in [-0.2, 0) is 9.53 Å². The van der Waals surface area contributed by atoms with Crippen molar-refractivity contribution in [2.45, 2.75) is 25.2 Å². The number of hydrogen-bond donors (Lipinski definition) is 2. The van der Waals surface area contributed by atoms with E-state index < -0.39 is 11.9 Å². The Labute approximate surface area is 122 Å². The monoisotopic (exact) mass is 294 g/mol. The Hall–Kier alpha value is -2.24. The van der Waals surface area contributed by atoms with E-state index in [0.29, 0.717) is 11.3 Å². The largest absolute Gasteiger partial charge is 0.507 e. The van der Waals surface area contributed by atoms with E-state index in [1.165, 1.54) is 26.4 Å². The lowest BCUT2D eigenvalue weighted by molar-refractivity contribution is -0.137. The number of carboxylic acids is 1. The predicted molar refractivity (Wildman–Crippen MR) is 73.7 cm³/mol. The van der Waals surface area contributed by atoms with Crippen molar-refractivity contribution in [3.63, 3.8) is 0 Å². The molecule has 2 N–H and O–H groups in total. The minimum atomic E-state index is -0.901. The maximum absolute atomic E-state index is 11.7. The first-order valence-electron chi connectivity index (χ1n) is 6.69. The van der Waals surface area contributed by atoms with Crippen LogP contribution in [0, 0.1) is 5.92 Å². The number of phenolic OH excluding ortho intramolecular Hbond substituents is 1. The smallest absolute Gasteiger partial charge is 0.341 e. The van der Waals surface area contributed by atoms with Crippen LogP contribution >= 0.6 is 0 Å². The third-order valence-electron chi connectivity index (χ3n) is 3.74. The highest BCUT2D eigenvalue weighted by molar-refractivity contribution is 5.93. The summed E-state index contributed by atoms with van der Waals surface area (Å²) in [5, 5.41) is 19.0. The van der Waals surface area contributed by atoms with E-state index in [9.17, 15) is 14.7 Å². The van der Waals surface area contributed by atoms with E-state index >= 15 is 0 Å². The highest BCUT2D eigenvalue weighted by Gasteiger charge is 2.36. The second kappa shape index (κ2) is 6.03. The van der Waals surface area contributed by atoms with Gasteiger partial charge in [0.2, 0.25) is 0 Å². The van der Waals surface area contributed by atoms with Crippen LogP contribution in [0.25, 0.3) is 0 Å². The third-order valence-corrected chi connectivity index (χ3v) is 3.74. The molecule has 1 unspecified atom stereocenters. The number of carboxylic acid groups (broad SMARTS) is 1. The molecule has 0 amide bonds. The average Bonchev–Trinajstić information content (AvgIpc) is 3.28. The Morgan fingerprint density at radius 1 is 1.33 bits per heavy atom. The Balaban J connectivity index is 2.48. The normalized spacial score (nSPS) is 15.3. The number of ether oxygens (including phenoxy) is 2. The van der Waals surface area contributed by atoms with Crippen molar-refractivity contribution in [3.05, 3.63) is 23.3 Å². The number of hydrogen-bond acceptors (Lipinski definition) is 5. The van der Waals surface area contributed by atoms with Gasteiger partial charge in [-0.15, -0.1) is 0 Å². The molecule has 1 fully saturated rings. The molecule has 0 bridgehead atoms. The molecular formula is C15H18O6. The van der Waals surface area contributed by atoms with Crippen molar-refractivity contribution in [1.29, 1.82) is 0 Å². The van der Waals surface area contributed by atoms with E-state index in [1.54, 1.807) is 0 Å². The maximum Gasteiger partial charge on any atom is 0.341 e. The summed E-state index contributed by atoms with van der Waals surface area (Å²) in [5.41, 5.74) is 0.643. The second-order valence-electron chi connectivity index (χ2n) is 5.14. The van der Waals surface area contributed by atoms with Crippen LogP contribution in [0.3, 0.4) is 0 Å². The average molecular weight is 294 g/mol. The number of aromatic hydroxyl groups is 1. The van der Waals surface area contributed by atoms with Crippen molar-refractivity contribution in [3.8, 4) is 11.5 Å². The molecule has 0 radical (unpaired) electrons. The summed E-state index contributed by atoms with van der Waals surface area (Å²) in [7, 11) is 2.67. The van der Waals surface area contributed by atoms with Crippen molar-refractivity contribution < 1.29 is 29.3 Å². The molecule has 21 heavy (non-hydrogen) atoms. The van der Waals surface area contributed by atoms with Crippen LogP contribution < -0.4 is 4.74 Å². The molecule has 2 rings (SSSR count). The zero-order valence-corrected chi connectivity index (χ0v) is 12.0. The third kappa shape index (κ3) is 3.26. The van der Waals surface area contributed by atoms with E-state index in [1.807, 2.05) is 0 Å². The molecule has 1 saturated carbocycles. The standard InChI is InChI=1S/C15H18O6/c1-20-13-7-12(16)11(15(19)21-2)5-10(13)9(6-14(17)18)8-3-4-8/h5,7-9,16H,3-4,6H2,1-2H3,(H,17,18). The van der Waals surface area contributed by atoms with Crippen molar-refractivity contribution in [2.24, 2.45) is 5.92 Å². The molecule has 6 heteroatoms. The van der Waals surface area contributed by atoms with Crippen LogP contribution in [0.2, 0.25) is 0 Å². The van der Waals surface area contributed by atoms with E-state index in [2.05, 4.69) is 4.74 Å². The lowest BCUT2D eigenvalue weighted by Gasteiger charge is -2.19. The molecule has 1 atom stereocenters. The first-order valence-corrected chi connectivity index (χ1v) is 6.69. The lowest BCUT2D eigenvalue weighted by atomic mass is 9.89. The number of aliphatic carboxylic acids is 1. The van der Waals surface area contributed by atoms with Gasteiger partial charge in [-0.05, 0) is 30.4 Å². The van der Waals surface area contributed by atoms with Crippen LogP contribution in [-0.4, -0.2) is 36.4 Å². The van der Waals surface area contributed by atoms with Gasteiger partial charge in [-0.1, -0.05) is 0 Å². The highest BCUT2D eigenvalue weighted by atomic mass is 16.5. The van der Waals surface area contributed by atoms with E-state index in [4.69, 9.17) is 9.84 Å². The molecule has 0 heterocycles. The number of phenols is 1. The predicted octanol–water partition coefficient (Wildman–Crippen LogP) is 2.16. The molecule has 1 aromatic rings. The van der Waals surface area contributed by atoms with Gasteiger partial charge >= 0.3 is 11.9 Å². The van der Waals surface area contributed by atoms with Crippen LogP contribution in [0.4, 0.5) is 0 Å². The molecule has 0 saturated heterocycles. The van der Waals surface area contributed by atoms with Gasteiger partial charge in [0.15, 0.2) is 0 Å². The van der Waals surface area contributed by atoms with Gasteiger partial charge in [-0.3, -0.25) is 4.79 Å². The number of carbonyl (C=O) groups excluding carboxylic acids is 1. The summed E-state index contributed by atoms with van der Waals surface area (Å²) in [6.45, 7) is 0. The second-order valence-corrected chi connectivity index (χ2v) is 5.14. The lowest BCUT2D eigenvalue weighted by Crippen LogP contribution is -2.11. The summed E-state index contributed by atoms with van der Waals surface area (Å²) in [4.78, 5) is 22.8. The Morgan fingerprint density at radius 3 is 2.48 bits per heavy atom. The summed E-state index contributed by atoms with van der Waals surface area (Å²) >= 11 is 0. The molecule has 0 aromatic heterocycles. The highest BCUT2D eigenvalue weighted by Crippen LogP contribution is 2.48. The molecule has 1 aliphatic carbocycles. The quantitative estimate of drug-likeness (QED) is 0.781. The van der Waals surface area contributed by atoms with Gasteiger partial charge in [0.1, 0.15) is 17.1 Å². The minimum Gasteiger partial charge on any atom is -0.507 e. The molecule has 114 valence electrons. The topological polar surface area (TPSA) is 93.1 Å². The Kier molecular flexibility index (Phi) is 4.35. The molecule has 1 aliphatic rings. The molecule has 6 nitrogen and oxygen atoms in total. The van der Waals surface area contributed by atoms with Crippen molar-refractivity contribution in [2.75, 3.05) is 14.2 Å². The number of rotatable bonds is 6. The van der Waals surface area contributed by atoms with Crippen LogP contribution in [0.5, 0.6) is 11.5 Å². The summed E-state index contributed by atoms with van der Waals surface area (Å²) in [5.74, 6) is -1.39. The van der Waals surface area contributed by atoms with Crippen molar-refractivity contribution in [1.82, 2.24) is 0 Å². The first-order chi connectivity index (χ1) is 9.97. The summed E-state index contributed by atoms with van der Waals surface area (Å²) in [6, 6.07) is 2.81. The van der Waals surface area contributed by atoms with Crippen LogP contribution in [0.15, 0.2) is 12.1 Å². The first kappa shape index (κ1) is 15.2. The SMILES string of the molecule is COC(=O)c1cc(C(CC(=O)O)C2CC2)c(OC)cc1O. The van der Waals surface area contributed by atoms with Crippen LogP contribution in [0.1, 0.15) is 41.1 Å². The summed E-state index contributed by atoms with van der Waals surface area (Å²) < 4.78 is 9.86. The maximum atomic E-state index is 11.7. The van der Waals surface area contributed by atoms with Gasteiger partial charge in [0.05, 0.1) is 20.6 Å². The van der Waals surface area contributed by atoms with E-state index in [0.717, 1.165) is 12.8 Å². The van der Waals surface area contributed by atoms with Crippen molar-refractivity contribution >= 4 is 11.9 Å². The number of methoxy groups -OCH3 is 2. The molecule has 0 spiro atoms. The Morgan fingerprint density at radius 2 is 2.00 bits per heavy atom. The fraction of sp³-hybridized carbons (Fsp3) is 0.467. The van der Waals surface area contributed by atoms with Gasteiger partial charge < -0.3 is 19.7 Å². The molecule has 0 aliphatic heterocycles. The zero-order chi connectivity index (χ0) is 15.6. The van der Waals surface area contributed by atoms with Gasteiger partial charge in [-0.2, -0.15) is 0 Å². The number of esters is 1. The fourth-order valence-corrected chi connectivity index (χ4v) is 2.54. The van der Waals surface area contributed by atoms with E-state index in [-0.39, 0.29) is 29.6 Å². The summed E-state index contributed by atoms with van der Waals surface area (Å²) in [6.07, 6.45) is 1.87. The fourth-order valence-electron chi connectivity index (χ4n) is 2.54. The van der Waals surface area contributed by atoms with Gasteiger partial charge in [-0.25, -0.2) is 4.79 Å². The Bertz CT molecular complexity index is 562. The zero-order valence-electron chi connectivity index (χ0n) is 12.0. The van der Waals surface area contributed by atoms with Gasteiger partial charge in [0, 0.05) is 12.0 Å². The van der Waals surface area contributed by atoms with Gasteiger partial charge in [0.25, 0.3) is 0 Å². The molecule has 1 aromatic carbocycles. The number of benzene rings is 1. The number of carbonyl (C=O) groups is 2.